The second kappa shape index (κ2) is 7.13. The van der Waals surface area contributed by atoms with Crippen LogP contribution in [0.3, 0.4) is 0 Å². The molecular formula is C15H28N2O. The van der Waals surface area contributed by atoms with E-state index in [1.54, 1.807) is 0 Å². The predicted molar refractivity (Wildman–Crippen MR) is 74.4 cm³/mol. The van der Waals surface area contributed by atoms with Crippen molar-refractivity contribution in [3.63, 3.8) is 0 Å². The van der Waals surface area contributed by atoms with E-state index in [1.165, 1.54) is 32.1 Å². The summed E-state index contributed by atoms with van der Waals surface area (Å²) in [7, 11) is 0. The Morgan fingerprint density at radius 2 is 2.00 bits per heavy atom. The Morgan fingerprint density at radius 3 is 2.61 bits per heavy atom. The standard InChI is InChI=1S/C15H28N2O/c1-2-14(12-7-4-3-5-8-12)17-15(18)13-9-6-10-16-11-13/h12-14,16H,2-11H2,1H3,(H,17,18). The molecule has 0 radical (unpaired) electrons. The summed E-state index contributed by atoms with van der Waals surface area (Å²) in [6, 6.07) is 0.416. The number of piperidine rings is 1. The van der Waals surface area contributed by atoms with Crippen LogP contribution >= 0.6 is 0 Å². The molecule has 2 aliphatic rings. The Hall–Kier alpha value is -0.570. The first-order chi connectivity index (χ1) is 8.81. The summed E-state index contributed by atoms with van der Waals surface area (Å²) in [5.74, 6) is 1.22. The fourth-order valence-corrected chi connectivity index (χ4v) is 3.47. The minimum Gasteiger partial charge on any atom is -0.353 e. The number of amides is 1. The zero-order valence-electron chi connectivity index (χ0n) is 11.7. The van der Waals surface area contributed by atoms with Crippen LogP contribution in [0.4, 0.5) is 0 Å². The third-order valence-corrected chi connectivity index (χ3v) is 4.65. The third kappa shape index (κ3) is 3.71. The van der Waals surface area contributed by atoms with Crippen molar-refractivity contribution in [2.45, 2.75) is 64.3 Å². The van der Waals surface area contributed by atoms with E-state index in [-0.39, 0.29) is 5.92 Å². The second-order valence-corrected chi connectivity index (χ2v) is 5.96. The molecular weight excluding hydrogens is 224 g/mol. The van der Waals surface area contributed by atoms with E-state index in [2.05, 4.69) is 17.6 Å². The van der Waals surface area contributed by atoms with Crippen molar-refractivity contribution in [2.24, 2.45) is 11.8 Å². The van der Waals surface area contributed by atoms with Crippen molar-refractivity contribution in [2.75, 3.05) is 13.1 Å². The van der Waals surface area contributed by atoms with Gasteiger partial charge in [0.15, 0.2) is 0 Å². The minimum absolute atomic E-state index is 0.205. The molecule has 1 saturated carbocycles. The Balaban J connectivity index is 1.82. The fourth-order valence-electron chi connectivity index (χ4n) is 3.47. The number of hydrogen-bond donors (Lipinski definition) is 2. The van der Waals surface area contributed by atoms with Crippen LogP contribution < -0.4 is 10.6 Å². The van der Waals surface area contributed by atoms with Crippen LogP contribution in [0.15, 0.2) is 0 Å². The zero-order chi connectivity index (χ0) is 12.8. The van der Waals surface area contributed by atoms with Crippen molar-refractivity contribution < 1.29 is 4.79 Å². The van der Waals surface area contributed by atoms with Gasteiger partial charge in [-0.25, -0.2) is 0 Å². The van der Waals surface area contributed by atoms with Gasteiger partial charge in [-0.1, -0.05) is 26.2 Å². The normalized spacial score (nSPS) is 27.7. The molecule has 104 valence electrons. The first-order valence-corrected chi connectivity index (χ1v) is 7.82. The number of rotatable bonds is 4. The van der Waals surface area contributed by atoms with Crippen LogP contribution in [-0.4, -0.2) is 25.0 Å². The van der Waals surface area contributed by atoms with Crippen LogP contribution in [0.1, 0.15) is 58.3 Å². The van der Waals surface area contributed by atoms with E-state index in [1.807, 2.05) is 0 Å². The lowest BCUT2D eigenvalue weighted by Crippen LogP contribution is -2.47. The van der Waals surface area contributed by atoms with Gasteiger partial charge in [-0.05, 0) is 44.6 Å². The summed E-state index contributed by atoms with van der Waals surface area (Å²) in [6.07, 6.45) is 9.97. The van der Waals surface area contributed by atoms with Gasteiger partial charge in [0.1, 0.15) is 0 Å². The monoisotopic (exact) mass is 252 g/mol. The summed E-state index contributed by atoms with van der Waals surface area (Å²) >= 11 is 0. The highest BCUT2D eigenvalue weighted by Crippen LogP contribution is 2.28. The molecule has 1 saturated heterocycles. The maximum absolute atomic E-state index is 12.3. The smallest absolute Gasteiger partial charge is 0.224 e. The quantitative estimate of drug-likeness (QED) is 0.807. The molecule has 0 spiro atoms. The molecule has 0 aromatic heterocycles. The average molecular weight is 252 g/mol. The van der Waals surface area contributed by atoms with Crippen molar-refractivity contribution in [3.8, 4) is 0 Å². The first-order valence-electron chi connectivity index (χ1n) is 7.82. The van der Waals surface area contributed by atoms with Crippen LogP contribution in [0, 0.1) is 11.8 Å². The lowest BCUT2D eigenvalue weighted by Gasteiger charge is -2.32. The van der Waals surface area contributed by atoms with E-state index in [0.29, 0.717) is 11.9 Å². The highest BCUT2D eigenvalue weighted by atomic mass is 16.2. The molecule has 1 amide bonds. The van der Waals surface area contributed by atoms with Crippen molar-refractivity contribution >= 4 is 5.91 Å². The fraction of sp³-hybridized carbons (Fsp3) is 0.933. The molecule has 3 nitrogen and oxygen atoms in total. The molecule has 0 aromatic carbocycles. The maximum atomic E-state index is 12.3. The van der Waals surface area contributed by atoms with E-state index >= 15 is 0 Å². The van der Waals surface area contributed by atoms with Gasteiger partial charge in [-0.2, -0.15) is 0 Å². The molecule has 3 heteroatoms. The highest BCUT2D eigenvalue weighted by Gasteiger charge is 2.27. The van der Waals surface area contributed by atoms with Crippen molar-refractivity contribution in [3.05, 3.63) is 0 Å². The maximum Gasteiger partial charge on any atom is 0.224 e. The molecule has 1 aliphatic carbocycles. The van der Waals surface area contributed by atoms with Gasteiger partial charge in [0.2, 0.25) is 5.91 Å². The summed E-state index contributed by atoms with van der Waals surface area (Å²) in [5, 5.41) is 6.65. The number of nitrogens with one attached hydrogen (secondary N) is 2. The van der Waals surface area contributed by atoms with Crippen molar-refractivity contribution in [1.29, 1.82) is 0 Å². The Kier molecular flexibility index (Phi) is 5.48. The molecule has 2 fully saturated rings. The Labute approximate surface area is 111 Å². The summed E-state index contributed by atoms with van der Waals surface area (Å²) in [4.78, 5) is 12.3. The molecule has 1 aliphatic heterocycles. The highest BCUT2D eigenvalue weighted by molar-refractivity contribution is 5.79. The minimum atomic E-state index is 0.205. The molecule has 2 rings (SSSR count). The van der Waals surface area contributed by atoms with E-state index in [4.69, 9.17) is 0 Å². The van der Waals surface area contributed by atoms with Crippen LogP contribution in [0.5, 0.6) is 0 Å². The molecule has 1 heterocycles. The number of carbonyl (C=O) groups excluding carboxylic acids is 1. The topological polar surface area (TPSA) is 41.1 Å². The van der Waals surface area contributed by atoms with Gasteiger partial charge in [-0.15, -0.1) is 0 Å². The van der Waals surface area contributed by atoms with Gasteiger partial charge >= 0.3 is 0 Å². The van der Waals surface area contributed by atoms with Crippen LogP contribution in [0.25, 0.3) is 0 Å². The summed E-state index contributed by atoms with van der Waals surface area (Å²) in [5.41, 5.74) is 0. The molecule has 18 heavy (non-hydrogen) atoms. The lowest BCUT2D eigenvalue weighted by atomic mass is 9.82. The van der Waals surface area contributed by atoms with E-state index < -0.39 is 0 Å². The van der Waals surface area contributed by atoms with Gasteiger partial charge in [0.25, 0.3) is 0 Å². The zero-order valence-corrected chi connectivity index (χ0v) is 11.7. The van der Waals surface area contributed by atoms with Crippen molar-refractivity contribution in [1.82, 2.24) is 10.6 Å². The largest absolute Gasteiger partial charge is 0.353 e. The molecule has 2 atom stereocenters. The van der Waals surface area contributed by atoms with Crippen LogP contribution in [0.2, 0.25) is 0 Å². The average Bonchev–Trinajstić information content (AvgIpc) is 2.46. The number of carbonyl (C=O) groups is 1. The molecule has 2 N–H and O–H groups in total. The predicted octanol–water partition coefficient (Wildman–Crippen LogP) is 2.46. The van der Waals surface area contributed by atoms with Gasteiger partial charge in [0, 0.05) is 12.6 Å². The first kappa shape index (κ1) is 13.9. The summed E-state index contributed by atoms with van der Waals surface area (Å²) < 4.78 is 0. The lowest BCUT2D eigenvalue weighted by molar-refractivity contribution is -0.126. The molecule has 2 unspecified atom stereocenters. The molecule has 0 bridgehead atoms. The Morgan fingerprint density at radius 1 is 1.22 bits per heavy atom. The van der Waals surface area contributed by atoms with Gasteiger partial charge in [0.05, 0.1) is 5.92 Å². The SMILES string of the molecule is CCC(NC(=O)C1CCCNC1)C1CCCCC1. The summed E-state index contributed by atoms with van der Waals surface area (Å²) in [6.45, 7) is 4.15. The second-order valence-electron chi connectivity index (χ2n) is 5.96. The van der Waals surface area contributed by atoms with Gasteiger partial charge < -0.3 is 10.6 Å². The third-order valence-electron chi connectivity index (χ3n) is 4.65. The Bertz CT molecular complexity index is 255. The molecule has 0 aromatic rings. The van der Waals surface area contributed by atoms with Crippen LogP contribution in [-0.2, 0) is 4.79 Å². The van der Waals surface area contributed by atoms with Gasteiger partial charge in [-0.3, -0.25) is 4.79 Å². The van der Waals surface area contributed by atoms with E-state index in [9.17, 15) is 4.79 Å². The number of hydrogen-bond acceptors (Lipinski definition) is 2. The van der Waals surface area contributed by atoms with E-state index in [0.717, 1.165) is 38.3 Å².